The molecule has 2 heterocycles. The van der Waals surface area contributed by atoms with Crippen molar-refractivity contribution in [1.82, 2.24) is 14.1 Å². The third-order valence-corrected chi connectivity index (χ3v) is 4.43. The van der Waals surface area contributed by atoms with Gasteiger partial charge in [-0.05, 0) is 30.2 Å². The van der Waals surface area contributed by atoms with Crippen molar-refractivity contribution in [3.05, 3.63) is 62.7 Å². The Balaban J connectivity index is 1.75. The van der Waals surface area contributed by atoms with Crippen LogP contribution in [0.5, 0.6) is 5.75 Å². The summed E-state index contributed by atoms with van der Waals surface area (Å²) in [6.07, 6.45) is 1.84. The van der Waals surface area contributed by atoms with E-state index in [0.29, 0.717) is 17.7 Å². The van der Waals surface area contributed by atoms with Crippen LogP contribution in [0.1, 0.15) is 12.0 Å². The lowest BCUT2D eigenvalue weighted by Crippen LogP contribution is -2.37. The lowest BCUT2D eigenvalue weighted by molar-refractivity contribution is -0.116. The van der Waals surface area contributed by atoms with E-state index in [1.165, 1.54) is 50.2 Å². The standard InChI is InChI=1S/C19H19FN4O4/c1-23-17-13(18(26)24(2)19(23)27)9-12(10-21-17)22-16(25)7-5-11-4-6-15(28-3)14(20)8-11/h4,6,8-10H,5,7H2,1-3H3,(H,22,25). The van der Waals surface area contributed by atoms with E-state index < -0.39 is 17.1 Å². The summed E-state index contributed by atoms with van der Waals surface area (Å²) >= 11 is 0. The van der Waals surface area contributed by atoms with E-state index in [2.05, 4.69) is 10.3 Å². The molecule has 0 saturated carbocycles. The first-order valence-corrected chi connectivity index (χ1v) is 8.50. The highest BCUT2D eigenvalue weighted by Gasteiger charge is 2.12. The second-order valence-electron chi connectivity index (χ2n) is 6.32. The van der Waals surface area contributed by atoms with Crippen molar-refractivity contribution >= 4 is 22.6 Å². The third kappa shape index (κ3) is 3.64. The second-order valence-corrected chi connectivity index (χ2v) is 6.32. The number of fused-ring (bicyclic) bond motifs is 1. The van der Waals surface area contributed by atoms with Gasteiger partial charge >= 0.3 is 5.69 Å². The van der Waals surface area contributed by atoms with Crippen molar-refractivity contribution < 1.29 is 13.9 Å². The largest absolute Gasteiger partial charge is 0.494 e. The summed E-state index contributed by atoms with van der Waals surface area (Å²) in [4.78, 5) is 40.5. The molecule has 8 nitrogen and oxygen atoms in total. The average Bonchev–Trinajstić information content (AvgIpc) is 2.69. The predicted molar refractivity (Wildman–Crippen MR) is 102 cm³/mol. The van der Waals surface area contributed by atoms with Gasteiger partial charge in [0.25, 0.3) is 5.56 Å². The fourth-order valence-corrected chi connectivity index (χ4v) is 2.88. The van der Waals surface area contributed by atoms with Crippen LogP contribution in [-0.4, -0.2) is 27.1 Å². The number of halogens is 1. The molecule has 1 N–H and O–H groups in total. The fraction of sp³-hybridized carbons (Fsp3) is 0.263. The summed E-state index contributed by atoms with van der Waals surface area (Å²) in [6.45, 7) is 0. The molecule has 1 aromatic carbocycles. The Morgan fingerprint density at radius 2 is 1.96 bits per heavy atom. The first kappa shape index (κ1) is 19.3. The molecule has 0 unspecified atom stereocenters. The molecule has 0 aliphatic heterocycles. The summed E-state index contributed by atoms with van der Waals surface area (Å²) < 4.78 is 20.8. The van der Waals surface area contributed by atoms with E-state index in [4.69, 9.17) is 4.74 Å². The number of rotatable bonds is 5. The van der Waals surface area contributed by atoms with Crippen molar-refractivity contribution in [3.63, 3.8) is 0 Å². The number of nitrogens with zero attached hydrogens (tertiary/aromatic N) is 3. The number of aryl methyl sites for hydroxylation is 2. The zero-order chi connectivity index (χ0) is 20.4. The third-order valence-electron chi connectivity index (χ3n) is 4.43. The molecular formula is C19H19FN4O4. The Bertz CT molecular complexity index is 1180. The van der Waals surface area contributed by atoms with E-state index in [1.54, 1.807) is 6.07 Å². The van der Waals surface area contributed by atoms with Gasteiger partial charge in [-0.2, -0.15) is 0 Å². The first-order chi connectivity index (χ1) is 13.3. The number of amides is 1. The SMILES string of the molecule is COc1ccc(CCC(=O)Nc2cnc3c(c2)c(=O)n(C)c(=O)n3C)cc1F. The Morgan fingerprint density at radius 3 is 2.64 bits per heavy atom. The lowest BCUT2D eigenvalue weighted by Gasteiger charge is -2.09. The number of methoxy groups -OCH3 is 1. The van der Waals surface area contributed by atoms with Crippen molar-refractivity contribution in [1.29, 1.82) is 0 Å². The van der Waals surface area contributed by atoms with Crippen LogP contribution in [0.3, 0.4) is 0 Å². The molecule has 28 heavy (non-hydrogen) atoms. The molecule has 1 amide bonds. The molecule has 0 bridgehead atoms. The number of carbonyl (C=O) groups is 1. The van der Waals surface area contributed by atoms with E-state index in [1.807, 2.05) is 0 Å². The zero-order valence-electron chi connectivity index (χ0n) is 15.7. The number of nitrogens with one attached hydrogen (secondary N) is 1. The summed E-state index contributed by atoms with van der Waals surface area (Å²) in [5.41, 5.74) is 0.270. The first-order valence-electron chi connectivity index (χ1n) is 8.50. The van der Waals surface area contributed by atoms with Gasteiger partial charge in [-0.3, -0.25) is 18.7 Å². The van der Waals surface area contributed by atoms with Crippen LogP contribution in [0.4, 0.5) is 10.1 Å². The maximum atomic E-state index is 13.7. The Labute approximate surface area is 159 Å². The molecule has 0 aliphatic rings. The molecule has 0 saturated heterocycles. The van der Waals surface area contributed by atoms with Crippen LogP contribution in [0.2, 0.25) is 0 Å². The fourth-order valence-electron chi connectivity index (χ4n) is 2.88. The molecule has 3 rings (SSSR count). The molecule has 0 spiro atoms. The molecule has 0 radical (unpaired) electrons. The minimum atomic E-state index is -0.490. The highest BCUT2D eigenvalue weighted by molar-refractivity contribution is 5.92. The normalized spacial score (nSPS) is 10.9. The smallest absolute Gasteiger partial charge is 0.332 e. The quantitative estimate of drug-likeness (QED) is 0.714. The summed E-state index contributed by atoms with van der Waals surface area (Å²) in [5, 5.41) is 2.89. The van der Waals surface area contributed by atoms with Crippen LogP contribution < -0.4 is 21.3 Å². The van der Waals surface area contributed by atoms with E-state index in [0.717, 1.165) is 4.57 Å². The maximum absolute atomic E-state index is 13.7. The highest BCUT2D eigenvalue weighted by atomic mass is 19.1. The number of hydrogen-bond acceptors (Lipinski definition) is 5. The van der Waals surface area contributed by atoms with Crippen molar-refractivity contribution in [3.8, 4) is 5.75 Å². The van der Waals surface area contributed by atoms with E-state index >= 15 is 0 Å². The number of hydrogen-bond donors (Lipinski definition) is 1. The number of pyridine rings is 1. The van der Waals surface area contributed by atoms with Gasteiger partial charge in [0.1, 0.15) is 5.65 Å². The maximum Gasteiger partial charge on any atom is 0.332 e. The topological polar surface area (TPSA) is 95.2 Å². The van der Waals surface area contributed by atoms with Crippen molar-refractivity contribution in [2.24, 2.45) is 14.1 Å². The van der Waals surface area contributed by atoms with Gasteiger partial charge < -0.3 is 10.1 Å². The monoisotopic (exact) mass is 386 g/mol. The van der Waals surface area contributed by atoms with Crippen LogP contribution in [0.15, 0.2) is 40.1 Å². The Kier molecular flexibility index (Phi) is 5.25. The molecule has 3 aromatic rings. The molecule has 9 heteroatoms. The number of anilines is 1. The van der Waals surface area contributed by atoms with Gasteiger partial charge in [0.05, 0.1) is 24.4 Å². The molecule has 146 valence electrons. The predicted octanol–water partition coefficient (Wildman–Crippen LogP) is 1.35. The van der Waals surface area contributed by atoms with Crippen molar-refractivity contribution in [2.75, 3.05) is 12.4 Å². The Hall–Kier alpha value is -3.49. The number of benzene rings is 1. The van der Waals surface area contributed by atoms with Crippen LogP contribution in [0, 0.1) is 5.82 Å². The van der Waals surface area contributed by atoms with Crippen LogP contribution >= 0.6 is 0 Å². The summed E-state index contributed by atoms with van der Waals surface area (Å²) in [5.74, 6) is -0.647. The molecular weight excluding hydrogens is 367 g/mol. The molecule has 0 fully saturated rings. The summed E-state index contributed by atoms with van der Waals surface area (Å²) in [6, 6.07) is 6.01. The lowest BCUT2D eigenvalue weighted by atomic mass is 10.1. The molecule has 0 aliphatic carbocycles. The van der Waals surface area contributed by atoms with Crippen LogP contribution in [0.25, 0.3) is 11.0 Å². The Morgan fingerprint density at radius 1 is 1.21 bits per heavy atom. The molecule has 2 aromatic heterocycles. The summed E-state index contributed by atoms with van der Waals surface area (Å²) in [7, 11) is 4.28. The average molecular weight is 386 g/mol. The highest BCUT2D eigenvalue weighted by Crippen LogP contribution is 2.19. The van der Waals surface area contributed by atoms with Gasteiger partial charge in [0.15, 0.2) is 11.6 Å². The van der Waals surface area contributed by atoms with E-state index in [9.17, 15) is 18.8 Å². The molecule has 0 atom stereocenters. The number of ether oxygens (including phenoxy) is 1. The minimum Gasteiger partial charge on any atom is -0.494 e. The van der Waals surface area contributed by atoms with E-state index in [-0.39, 0.29) is 29.1 Å². The van der Waals surface area contributed by atoms with Crippen molar-refractivity contribution in [2.45, 2.75) is 12.8 Å². The van der Waals surface area contributed by atoms with Gasteiger partial charge in [-0.15, -0.1) is 0 Å². The minimum absolute atomic E-state index is 0.120. The number of aromatic nitrogens is 3. The van der Waals surface area contributed by atoms with Gasteiger partial charge in [0, 0.05) is 20.5 Å². The zero-order valence-corrected chi connectivity index (χ0v) is 15.7. The van der Waals surface area contributed by atoms with Gasteiger partial charge in [0.2, 0.25) is 5.91 Å². The number of carbonyl (C=O) groups excluding carboxylic acids is 1. The van der Waals surface area contributed by atoms with Crippen LogP contribution in [-0.2, 0) is 25.3 Å². The van der Waals surface area contributed by atoms with Gasteiger partial charge in [-0.25, -0.2) is 14.2 Å². The van der Waals surface area contributed by atoms with Gasteiger partial charge in [-0.1, -0.05) is 6.07 Å². The second kappa shape index (κ2) is 7.63.